The van der Waals surface area contributed by atoms with Crippen molar-refractivity contribution in [3.8, 4) is 11.5 Å². The van der Waals surface area contributed by atoms with E-state index in [0.717, 1.165) is 35.1 Å². The highest BCUT2D eigenvalue weighted by Gasteiger charge is 2.06. The summed E-state index contributed by atoms with van der Waals surface area (Å²) >= 11 is 0. The smallest absolute Gasteiger partial charge is 0.127 e. The van der Waals surface area contributed by atoms with Crippen LogP contribution >= 0.6 is 0 Å². The minimum Gasteiger partial charge on any atom is -0.493 e. The maximum Gasteiger partial charge on any atom is 0.127 e. The third kappa shape index (κ3) is 3.41. The molecule has 2 nitrogen and oxygen atoms in total. The van der Waals surface area contributed by atoms with Crippen LogP contribution in [0.3, 0.4) is 0 Å². The molecule has 0 radical (unpaired) electrons. The Kier molecular flexibility index (Phi) is 5.24. The van der Waals surface area contributed by atoms with Crippen LogP contribution in [0.2, 0.25) is 0 Å². The molecule has 0 amide bonds. The Bertz CT molecular complexity index is 534. The van der Waals surface area contributed by atoms with Crippen LogP contribution in [-0.2, 0) is 0 Å². The van der Waals surface area contributed by atoms with Crippen LogP contribution in [0.4, 0.5) is 0 Å². The van der Waals surface area contributed by atoms with Crippen LogP contribution in [0.15, 0.2) is 61.7 Å². The summed E-state index contributed by atoms with van der Waals surface area (Å²) in [5, 5.41) is 2.15. The van der Waals surface area contributed by atoms with Gasteiger partial charge in [0, 0.05) is 10.8 Å². The first-order valence-corrected chi connectivity index (χ1v) is 6.86. The van der Waals surface area contributed by atoms with Crippen LogP contribution in [0, 0.1) is 0 Å². The Labute approximate surface area is 120 Å². The minimum absolute atomic E-state index is 0.643. The predicted octanol–water partition coefficient (Wildman–Crippen LogP) is 4.75. The summed E-state index contributed by atoms with van der Waals surface area (Å²) in [6.45, 7) is 8.69. The van der Waals surface area contributed by atoms with Gasteiger partial charge in [0.15, 0.2) is 0 Å². The lowest BCUT2D eigenvalue weighted by Gasteiger charge is -2.12. The molecule has 0 saturated carbocycles. The lowest BCUT2D eigenvalue weighted by molar-refractivity contribution is 0.325. The quantitative estimate of drug-likeness (QED) is 0.508. The molecular weight excluding hydrogens is 248 g/mol. The molecule has 104 valence electrons. The standard InChI is InChI=1S/C18H20O2/c1-3-5-13-19-17-11-7-10-16-15(17)9-8-12-18(16)20-14-6-4-2/h3-4,7-12H,1-2,5-6,13-14H2. The number of hydrogen-bond donors (Lipinski definition) is 0. The van der Waals surface area contributed by atoms with E-state index in [4.69, 9.17) is 9.47 Å². The van der Waals surface area contributed by atoms with E-state index in [-0.39, 0.29) is 0 Å². The van der Waals surface area contributed by atoms with Gasteiger partial charge in [0.1, 0.15) is 11.5 Å². The maximum atomic E-state index is 5.80. The number of rotatable bonds is 8. The van der Waals surface area contributed by atoms with Crippen molar-refractivity contribution in [1.29, 1.82) is 0 Å². The molecule has 2 heteroatoms. The Morgan fingerprint density at radius 2 is 1.20 bits per heavy atom. The van der Waals surface area contributed by atoms with Crippen molar-refractivity contribution in [2.75, 3.05) is 13.2 Å². The van der Waals surface area contributed by atoms with Gasteiger partial charge in [-0.05, 0) is 25.0 Å². The van der Waals surface area contributed by atoms with E-state index in [1.807, 2.05) is 36.4 Å². The van der Waals surface area contributed by atoms with Gasteiger partial charge in [-0.15, -0.1) is 13.2 Å². The number of fused-ring (bicyclic) bond motifs is 1. The lowest BCUT2D eigenvalue weighted by Crippen LogP contribution is -1.98. The first kappa shape index (κ1) is 14.2. The monoisotopic (exact) mass is 268 g/mol. The van der Waals surface area contributed by atoms with E-state index in [1.54, 1.807) is 0 Å². The molecule has 0 atom stereocenters. The van der Waals surface area contributed by atoms with Crippen molar-refractivity contribution in [1.82, 2.24) is 0 Å². The third-order valence-electron chi connectivity index (χ3n) is 3.00. The Hall–Kier alpha value is -2.22. The van der Waals surface area contributed by atoms with Gasteiger partial charge in [-0.3, -0.25) is 0 Å². The molecule has 0 aliphatic carbocycles. The van der Waals surface area contributed by atoms with E-state index in [2.05, 4.69) is 25.3 Å². The van der Waals surface area contributed by atoms with E-state index >= 15 is 0 Å². The molecule has 0 aliphatic rings. The van der Waals surface area contributed by atoms with E-state index < -0.39 is 0 Å². The van der Waals surface area contributed by atoms with Crippen molar-refractivity contribution < 1.29 is 9.47 Å². The first-order chi connectivity index (χ1) is 9.86. The molecule has 0 spiro atoms. The molecule has 0 saturated heterocycles. The lowest BCUT2D eigenvalue weighted by atomic mass is 10.1. The van der Waals surface area contributed by atoms with Crippen molar-refractivity contribution in [2.24, 2.45) is 0 Å². The van der Waals surface area contributed by atoms with Crippen molar-refractivity contribution in [3.63, 3.8) is 0 Å². The molecule has 0 unspecified atom stereocenters. The Morgan fingerprint density at radius 1 is 0.750 bits per heavy atom. The fourth-order valence-electron chi connectivity index (χ4n) is 2.01. The van der Waals surface area contributed by atoms with Gasteiger partial charge in [0.05, 0.1) is 13.2 Å². The fraction of sp³-hybridized carbons (Fsp3) is 0.222. The van der Waals surface area contributed by atoms with Crippen molar-refractivity contribution in [3.05, 3.63) is 61.7 Å². The molecule has 20 heavy (non-hydrogen) atoms. The SMILES string of the molecule is C=CCCOc1cccc2c(OCCC=C)cccc12. The summed E-state index contributed by atoms with van der Waals surface area (Å²) in [5.74, 6) is 1.78. The average molecular weight is 268 g/mol. The molecular formula is C18H20O2. The molecule has 0 aromatic heterocycles. The van der Waals surface area contributed by atoms with Gasteiger partial charge in [-0.1, -0.05) is 36.4 Å². The normalized spacial score (nSPS) is 10.2. The highest BCUT2D eigenvalue weighted by molar-refractivity contribution is 5.93. The van der Waals surface area contributed by atoms with Gasteiger partial charge in [-0.25, -0.2) is 0 Å². The summed E-state index contributed by atoms with van der Waals surface area (Å²) in [6.07, 6.45) is 5.39. The van der Waals surface area contributed by atoms with Gasteiger partial charge < -0.3 is 9.47 Å². The predicted molar refractivity (Wildman–Crippen MR) is 84.6 cm³/mol. The second-order valence-electron chi connectivity index (χ2n) is 4.46. The summed E-state index contributed by atoms with van der Waals surface area (Å²) in [5.41, 5.74) is 0. The van der Waals surface area contributed by atoms with Crippen molar-refractivity contribution >= 4 is 10.8 Å². The van der Waals surface area contributed by atoms with Gasteiger partial charge in [0.25, 0.3) is 0 Å². The fourth-order valence-corrected chi connectivity index (χ4v) is 2.01. The topological polar surface area (TPSA) is 18.5 Å². The highest BCUT2D eigenvalue weighted by Crippen LogP contribution is 2.32. The van der Waals surface area contributed by atoms with Crippen LogP contribution < -0.4 is 9.47 Å². The first-order valence-electron chi connectivity index (χ1n) is 6.86. The molecule has 2 aromatic carbocycles. The Balaban J connectivity index is 2.25. The van der Waals surface area contributed by atoms with Crippen LogP contribution in [0.1, 0.15) is 12.8 Å². The van der Waals surface area contributed by atoms with Crippen LogP contribution in [0.25, 0.3) is 10.8 Å². The Morgan fingerprint density at radius 3 is 1.60 bits per heavy atom. The van der Waals surface area contributed by atoms with E-state index in [9.17, 15) is 0 Å². The minimum atomic E-state index is 0.643. The summed E-state index contributed by atoms with van der Waals surface area (Å²) in [4.78, 5) is 0. The molecule has 0 fully saturated rings. The number of hydrogen-bond acceptors (Lipinski definition) is 2. The van der Waals surface area contributed by atoms with E-state index in [0.29, 0.717) is 13.2 Å². The highest BCUT2D eigenvalue weighted by atomic mass is 16.5. The van der Waals surface area contributed by atoms with E-state index in [1.165, 1.54) is 0 Å². The van der Waals surface area contributed by atoms with Gasteiger partial charge >= 0.3 is 0 Å². The third-order valence-corrected chi connectivity index (χ3v) is 3.00. The van der Waals surface area contributed by atoms with Gasteiger partial charge in [0.2, 0.25) is 0 Å². The zero-order valence-electron chi connectivity index (χ0n) is 11.7. The maximum absolute atomic E-state index is 5.80. The average Bonchev–Trinajstić information content (AvgIpc) is 2.48. The molecule has 0 aliphatic heterocycles. The summed E-state index contributed by atoms with van der Waals surface area (Å²) in [7, 11) is 0. The molecule has 0 heterocycles. The van der Waals surface area contributed by atoms with Crippen molar-refractivity contribution in [2.45, 2.75) is 12.8 Å². The zero-order chi connectivity index (χ0) is 14.2. The number of benzene rings is 2. The molecule has 0 bridgehead atoms. The van der Waals surface area contributed by atoms with Crippen LogP contribution in [-0.4, -0.2) is 13.2 Å². The van der Waals surface area contributed by atoms with Gasteiger partial charge in [-0.2, -0.15) is 0 Å². The second kappa shape index (κ2) is 7.39. The largest absolute Gasteiger partial charge is 0.493 e. The summed E-state index contributed by atoms with van der Waals surface area (Å²) < 4.78 is 11.6. The molecule has 0 N–H and O–H groups in total. The van der Waals surface area contributed by atoms with Crippen LogP contribution in [0.5, 0.6) is 11.5 Å². The molecule has 2 rings (SSSR count). The zero-order valence-corrected chi connectivity index (χ0v) is 11.7. The second-order valence-corrected chi connectivity index (χ2v) is 4.46. The summed E-state index contributed by atoms with van der Waals surface area (Å²) in [6, 6.07) is 12.1. The molecule has 2 aromatic rings. The number of ether oxygens (including phenoxy) is 2.